The number of ketones is 1. The second-order valence-corrected chi connectivity index (χ2v) is 17.0. The topological polar surface area (TPSA) is 163 Å². The van der Waals surface area contributed by atoms with E-state index in [1.807, 2.05) is 53.6 Å². The van der Waals surface area contributed by atoms with Gasteiger partial charge < -0.3 is 53.4 Å². The summed E-state index contributed by atoms with van der Waals surface area (Å²) < 4.78 is 44.6. The van der Waals surface area contributed by atoms with Crippen LogP contribution in [0, 0.1) is 29.6 Å². The van der Waals surface area contributed by atoms with Crippen molar-refractivity contribution in [2.24, 2.45) is 29.6 Å². The van der Waals surface area contributed by atoms with Crippen LogP contribution in [-0.4, -0.2) is 138 Å². The molecule has 0 amide bonds. The SMILES string of the molecule is CC[C@H]1OC(=O)[C@H](C)[C@@H](O[C@H]2C[C@@](C)(OC)[C@@H](C)[C@H](C)O2)[C@H](C)[C@@H](O[C@@H]2O[C@H](C)C[C@H](N(C)C)[C@H]2O)C(C)(OC)C[C@H](C)C(=O)[C@H](C)[C@@H](O)[C@]1(C)O. The fraction of sp³-hybridized carbons (Fsp3) is 0.949. The zero-order chi connectivity index (χ0) is 39.7. The van der Waals surface area contributed by atoms with Gasteiger partial charge in [-0.3, -0.25) is 9.59 Å². The first-order valence-electron chi connectivity index (χ1n) is 19.2. The number of carbonyl (C=O) groups is 2. The number of esters is 1. The Balaban J connectivity index is 2.22. The smallest absolute Gasteiger partial charge is 0.311 e. The largest absolute Gasteiger partial charge is 0.459 e. The van der Waals surface area contributed by atoms with E-state index in [0.717, 1.165) is 0 Å². The highest BCUT2D eigenvalue weighted by molar-refractivity contribution is 5.83. The molecule has 3 rings (SSSR count). The summed E-state index contributed by atoms with van der Waals surface area (Å²) in [6.07, 6.45) is -6.57. The number of nitrogens with zero attached hydrogens (tertiary/aromatic N) is 1. The number of cyclic esters (lactones) is 1. The minimum atomic E-state index is -1.94. The lowest BCUT2D eigenvalue weighted by Gasteiger charge is -2.50. The second-order valence-electron chi connectivity index (χ2n) is 17.0. The first kappa shape index (κ1) is 45.1. The quantitative estimate of drug-likeness (QED) is 0.309. The molecule has 18 atom stereocenters. The van der Waals surface area contributed by atoms with Gasteiger partial charge in [0.05, 0.1) is 47.6 Å². The molecule has 0 aromatic carbocycles. The van der Waals surface area contributed by atoms with Crippen molar-refractivity contribution in [1.82, 2.24) is 4.90 Å². The first-order valence-corrected chi connectivity index (χ1v) is 19.2. The molecule has 13 heteroatoms. The molecular weight excluding hydrogens is 674 g/mol. The standard InChI is InChI=1S/C39H71NO12/c1-16-28-39(11,45)33(43)22(4)30(41)20(2)18-38(10,47-15)34(52-36-31(42)27(40(12)13)17-21(3)48-36)23(5)32(24(6)35(44)50-28)51-29-19-37(9,46-14)25(7)26(8)49-29/h20-29,31-34,36,42-43,45H,16-19H2,1-15H3/t20-,21+,22-,23-,24+,25-,26-,27-,28+,29-,31+,32-,33+,34+,36-,37+,38?,39+/m0/s1. The van der Waals surface area contributed by atoms with Crippen LogP contribution in [-0.2, 0) is 42.7 Å². The van der Waals surface area contributed by atoms with Crippen molar-refractivity contribution in [2.45, 2.75) is 180 Å². The summed E-state index contributed by atoms with van der Waals surface area (Å²) in [4.78, 5) is 30.2. The number of aliphatic hydroxyl groups excluding tert-OH is 2. The average molecular weight is 746 g/mol. The molecule has 0 bridgehead atoms. The lowest BCUT2D eigenvalue weighted by atomic mass is 9.73. The maximum atomic E-state index is 14.2. The van der Waals surface area contributed by atoms with Gasteiger partial charge in [-0.1, -0.05) is 34.6 Å². The van der Waals surface area contributed by atoms with E-state index >= 15 is 0 Å². The summed E-state index contributed by atoms with van der Waals surface area (Å²) in [5.74, 6) is -4.18. The fourth-order valence-electron chi connectivity index (χ4n) is 8.76. The Morgan fingerprint density at radius 3 is 2.00 bits per heavy atom. The highest BCUT2D eigenvalue weighted by Crippen LogP contribution is 2.42. The number of likely N-dealkylation sites (N-methyl/N-ethyl adjacent to an activating group) is 1. The summed E-state index contributed by atoms with van der Waals surface area (Å²) in [5, 5.41) is 34.7. The van der Waals surface area contributed by atoms with Crippen LogP contribution in [0.1, 0.15) is 102 Å². The Bertz CT molecular complexity index is 1190. The number of carbonyl (C=O) groups excluding carboxylic acids is 2. The third kappa shape index (κ3) is 9.39. The van der Waals surface area contributed by atoms with Crippen LogP contribution < -0.4 is 0 Å². The van der Waals surface area contributed by atoms with Crippen LogP contribution >= 0.6 is 0 Å². The van der Waals surface area contributed by atoms with Gasteiger partial charge in [0.1, 0.15) is 23.6 Å². The van der Waals surface area contributed by atoms with E-state index in [0.29, 0.717) is 12.8 Å². The van der Waals surface area contributed by atoms with Gasteiger partial charge >= 0.3 is 5.97 Å². The van der Waals surface area contributed by atoms with E-state index in [1.54, 1.807) is 34.8 Å². The molecule has 3 heterocycles. The van der Waals surface area contributed by atoms with E-state index in [2.05, 4.69) is 6.92 Å². The molecule has 1 unspecified atom stereocenters. The molecule has 3 aliphatic heterocycles. The summed E-state index contributed by atoms with van der Waals surface area (Å²) in [6.45, 7) is 19.9. The molecule has 13 nitrogen and oxygen atoms in total. The van der Waals surface area contributed by atoms with Gasteiger partial charge in [0.15, 0.2) is 12.6 Å². The molecule has 3 aliphatic rings. The number of aliphatic hydroxyl groups is 3. The zero-order valence-corrected chi connectivity index (χ0v) is 34.5. The molecule has 3 N–H and O–H groups in total. The summed E-state index contributed by atoms with van der Waals surface area (Å²) in [6, 6.07) is -0.259. The lowest BCUT2D eigenvalue weighted by molar-refractivity contribution is -0.315. The Labute approximate surface area is 312 Å². The Kier molecular flexibility index (Phi) is 15.3. The van der Waals surface area contributed by atoms with Gasteiger partial charge in [-0.15, -0.1) is 0 Å². The van der Waals surface area contributed by atoms with Crippen LogP contribution in [0.5, 0.6) is 0 Å². The van der Waals surface area contributed by atoms with Crippen LogP contribution in [0.25, 0.3) is 0 Å². The van der Waals surface area contributed by atoms with E-state index in [-0.39, 0.29) is 42.8 Å². The number of hydrogen-bond donors (Lipinski definition) is 3. The average Bonchev–Trinajstić information content (AvgIpc) is 3.09. The monoisotopic (exact) mass is 745 g/mol. The van der Waals surface area contributed by atoms with Crippen molar-refractivity contribution in [1.29, 1.82) is 0 Å². The number of rotatable bonds is 8. The zero-order valence-electron chi connectivity index (χ0n) is 34.5. The Morgan fingerprint density at radius 1 is 0.865 bits per heavy atom. The molecule has 52 heavy (non-hydrogen) atoms. The maximum absolute atomic E-state index is 14.2. The van der Waals surface area contributed by atoms with Crippen LogP contribution in [0.15, 0.2) is 0 Å². The van der Waals surface area contributed by atoms with Gasteiger partial charge in [0.25, 0.3) is 0 Å². The van der Waals surface area contributed by atoms with Crippen LogP contribution in [0.4, 0.5) is 0 Å². The predicted octanol–water partition coefficient (Wildman–Crippen LogP) is 3.71. The van der Waals surface area contributed by atoms with Crippen molar-refractivity contribution < 1.29 is 58.1 Å². The van der Waals surface area contributed by atoms with Crippen molar-refractivity contribution in [2.75, 3.05) is 28.3 Å². The summed E-state index contributed by atoms with van der Waals surface area (Å²) in [5.41, 5.74) is -3.73. The van der Waals surface area contributed by atoms with Crippen LogP contribution in [0.2, 0.25) is 0 Å². The second kappa shape index (κ2) is 17.7. The first-order chi connectivity index (χ1) is 24.0. The van der Waals surface area contributed by atoms with Crippen molar-refractivity contribution >= 4 is 11.8 Å². The van der Waals surface area contributed by atoms with Gasteiger partial charge in [0, 0.05) is 50.4 Å². The van der Waals surface area contributed by atoms with Gasteiger partial charge in [-0.2, -0.15) is 0 Å². The number of hydrogen-bond acceptors (Lipinski definition) is 13. The third-order valence-corrected chi connectivity index (χ3v) is 12.9. The fourth-order valence-corrected chi connectivity index (χ4v) is 8.76. The Hall–Kier alpha value is -1.26. The molecule has 0 saturated carbocycles. The highest BCUT2D eigenvalue weighted by Gasteiger charge is 2.53. The number of Topliss-reactive ketones (excluding diaryl/α,β-unsaturated/α-hetero) is 1. The molecule has 0 aromatic heterocycles. The van der Waals surface area contributed by atoms with E-state index in [4.69, 9.17) is 33.2 Å². The van der Waals surface area contributed by atoms with E-state index in [9.17, 15) is 24.9 Å². The van der Waals surface area contributed by atoms with Gasteiger partial charge in [-0.05, 0) is 74.9 Å². The summed E-state index contributed by atoms with van der Waals surface area (Å²) >= 11 is 0. The van der Waals surface area contributed by atoms with E-state index < -0.39 is 89.5 Å². The molecule has 3 saturated heterocycles. The third-order valence-electron chi connectivity index (χ3n) is 12.9. The van der Waals surface area contributed by atoms with Gasteiger partial charge in [0.2, 0.25) is 0 Å². The minimum absolute atomic E-state index is 0.0472. The molecule has 3 fully saturated rings. The predicted molar refractivity (Wildman–Crippen MR) is 194 cm³/mol. The van der Waals surface area contributed by atoms with Crippen molar-refractivity contribution in [3.05, 3.63) is 0 Å². The lowest BCUT2D eigenvalue weighted by Crippen LogP contribution is -2.61. The summed E-state index contributed by atoms with van der Waals surface area (Å²) in [7, 11) is 6.99. The van der Waals surface area contributed by atoms with Crippen molar-refractivity contribution in [3.63, 3.8) is 0 Å². The highest BCUT2D eigenvalue weighted by atomic mass is 16.7. The maximum Gasteiger partial charge on any atom is 0.311 e. The molecule has 0 aliphatic carbocycles. The number of methoxy groups -OCH3 is 2. The molecular formula is C39H71NO12. The van der Waals surface area contributed by atoms with E-state index in [1.165, 1.54) is 14.0 Å². The molecule has 0 spiro atoms. The number of ether oxygens (including phenoxy) is 7. The van der Waals surface area contributed by atoms with Crippen LogP contribution in [0.3, 0.4) is 0 Å². The minimum Gasteiger partial charge on any atom is -0.459 e. The molecule has 0 aromatic rings. The molecule has 304 valence electrons. The van der Waals surface area contributed by atoms with Crippen molar-refractivity contribution in [3.8, 4) is 0 Å². The Morgan fingerprint density at radius 2 is 1.46 bits per heavy atom. The van der Waals surface area contributed by atoms with Gasteiger partial charge in [-0.25, -0.2) is 0 Å². The normalized spacial score (nSPS) is 49.0. The molecule has 0 radical (unpaired) electrons.